The minimum Gasteiger partial charge on any atom is -0.350 e. The van der Waals surface area contributed by atoms with E-state index in [9.17, 15) is 4.79 Å². The van der Waals surface area contributed by atoms with E-state index in [0.717, 1.165) is 30.7 Å². The van der Waals surface area contributed by atoms with E-state index in [1.807, 2.05) is 0 Å². The van der Waals surface area contributed by atoms with Gasteiger partial charge in [0.1, 0.15) is 0 Å². The van der Waals surface area contributed by atoms with Crippen LogP contribution in [-0.4, -0.2) is 36.6 Å². The Morgan fingerprint density at radius 1 is 1.04 bits per heavy atom. The van der Waals surface area contributed by atoms with E-state index >= 15 is 0 Å². The van der Waals surface area contributed by atoms with Crippen molar-refractivity contribution in [2.45, 2.75) is 108 Å². The highest BCUT2D eigenvalue weighted by Crippen LogP contribution is 2.43. The first-order chi connectivity index (χ1) is 13.7. The topological polar surface area (TPSA) is 53.2 Å². The lowest BCUT2D eigenvalue weighted by Gasteiger charge is -2.38. The normalized spacial score (nSPS) is 42.5. The zero-order valence-electron chi connectivity index (χ0n) is 17.8. The average molecular weight is 388 g/mol. The molecule has 1 amide bonds. The molecule has 0 aromatic heterocycles. The summed E-state index contributed by atoms with van der Waals surface area (Å²) in [5.41, 5.74) is 0. The summed E-state index contributed by atoms with van der Waals surface area (Å²) in [7, 11) is 0. The van der Waals surface area contributed by atoms with Gasteiger partial charge in [0.05, 0.1) is 6.04 Å². The van der Waals surface area contributed by atoms with E-state index < -0.39 is 0 Å². The van der Waals surface area contributed by atoms with Crippen LogP contribution in [0.1, 0.15) is 84.0 Å². The first-order valence-electron chi connectivity index (χ1n) is 12.5. The predicted octanol–water partition coefficient (Wildman–Crippen LogP) is 3.61. The van der Waals surface area contributed by atoms with Crippen molar-refractivity contribution >= 4 is 5.91 Å². The van der Waals surface area contributed by atoms with Gasteiger partial charge in [0.15, 0.2) is 0 Å². The monoisotopic (exact) mass is 387 g/mol. The molecule has 0 aromatic carbocycles. The van der Waals surface area contributed by atoms with Crippen LogP contribution in [0, 0.1) is 29.6 Å². The first-order valence-corrected chi connectivity index (χ1v) is 12.5. The molecule has 3 N–H and O–H groups in total. The minimum absolute atomic E-state index is 0.0529. The number of carbonyl (C=O) groups excluding carboxylic acids is 1. The Kier molecular flexibility index (Phi) is 5.71. The van der Waals surface area contributed by atoms with Gasteiger partial charge in [0, 0.05) is 18.1 Å². The molecule has 7 atom stereocenters. The Hall–Kier alpha value is -0.610. The molecule has 3 saturated carbocycles. The van der Waals surface area contributed by atoms with Crippen LogP contribution in [0.2, 0.25) is 0 Å². The van der Waals surface area contributed by atoms with Crippen LogP contribution in [0.4, 0.5) is 0 Å². The minimum atomic E-state index is 0.0529. The fraction of sp³-hybridized carbons (Fsp3) is 0.958. The predicted molar refractivity (Wildman–Crippen MR) is 113 cm³/mol. The van der Waals surface area contributed by atoms with Crippen LogP contribution in [-0.2, 0) is 4.79 Å². The number of hydrogen-bond acceptors (Lipinski definition) is 3. The van der Waals surface area contributed by atoms with Crippen molar-refractivity contribution in [3.8, 4) is 0 Å². The van der Waals surface area contributed by atoms with Gasteiger partial charge in [0.25, 0.3) is 0 Å². The summed E-state index contributed by atoms with van der Waals surface area (Å²) in [4.78, 5) is 13.3. The van der Waals surface area contributed by atoms with Crippen LogP contribution in [0.3, 0.4) is 0 Å². The van der Waals surface area contributed by atoms with Gasteiger partial charge < -0.3 is 16.0 Å². The summed E-state index contributed by atoms with van der Waals surface area (Å²) in [6.45, 7) is 3.48. The van der Waals surface area contributed by atoms with E-state index in [2.05, 4.69) is 22.9 Å². The van der Waals surface area contributed by atoms with Gasteiger partial charge in [0.2, 0.25) is 5.91 Å². The molecule has 2 aliphatic heterocycles. The highest BCUT2D eigenvalue weighted by molar-refractivity contribution is 5.82. The summed E-state index contributed by atoms with van der Waals surface area (Å²) in [6.07, 6.45) is 16.1. The second-order valence-corrected chi connectivity index (χ2v) is 10.9. The van der Waals surface area contributed by atoms with Crippen molar-refractivity contribution in [1.29, 1.82) is 0 Å². The van der Waals surface area contributed by atoms with Crippen LogP contribution >= 0.6 is 0 Å². The van der Waals surface area contributed by atoms with Crippen molar-refractivity contribution < 1.29 is 4.79 Å². The van der Waals surface area contributed by atoms with Crippen molar-refractivity contribution in [1.82, 2.24) is 16.0 Å². The summed E-state index contributed by atoms with van der Waals surface area (Å²) in [6, 6.07) is 1.48. The molecule has 0 radical (unpaired) electrons. The van der Waals surface area contributed by atoms with Crippen molar-refractivity contribution in [2.75, 3.05) is 6.54 Å². The Bertz CT molecular complexity index is 558. The van der Waals surface area contributed by atoms with Gasteiger partial charge >= 0.3 is 0 Å². The molecule has 158 valence electrons. The van der Waals surface area contributed by atoms with Crippen LogP contribution in [0.15, 0.2) is 0 Å². The van der Waals surface area contributed by atoms with Gasteiger partial charge in [-0.25, -0.2) is 0 Å². The smallest absolute Gasteiger partial charge is 0.237 e. The van der Waals surface area contributed by atoms with E-state index in [4.69, 9.17) is 0 Å². The number of amides is 1. The van der Waals surface area contributed by atoms with Gasteiger partial charge in [-0.2, -0.15) is 0 Å². The molecule has 4 nitrogen and oxygen atoms in total. The van der Waals surface area contributed by atoms with Gasteiger partial charge in [-0.3, -0.25) is 4.79 Å². The van der Waals surface area contributed by atoms with Gasteiger partial charge in [-0.15, -0.1) is 0 Å². The van der Waals surface area contributed by atoms with Gasteiger partial charge in [-0.05, 0) is 87.5 Å². The second kappa shape index (κ2) is 8.26. The molecule has 0 aromatic rings. The molecule has 4 heteroatoms. The maximum Gasteiger partial charge on any atom is 0.237 e. The zero-order valence-corrected chi connectivity index (χ0v) is 17.8. The quantitative estimate of drug-likeness (QED) is 0.653. The molecule has 7 unspecified atom stereocenters. The zero-order chi connectivity index (χ0) is 19.1. The third-order valence-corrected chi connectivity index (χ3v) is 8.93. The molecule has 2 saturated heterocycles. The standard InChI is InChI=1S/C24H41N3O/c1-15-5-4-12-25-21(15)23(17-10-11-17)27-24(28)20-14-19-9-3-8-18(22(19)26-20)13-16-6-2-7-16/h15-23,25-26H,2-14H2,1H3,(H,27,28). The fourth-order valence-electron chi connectivity index (χ4n) is 6.91. The van der Waals surface area contributed by atoms with E-state index in [1.54, 1.807) is 0 Å². The number of hydrogen-bond donors (Lipinski definition) is 3. The lowest BCUT2D eigenvalue weighted by atomic mass is 9.70. The number of fused-ring (bicyclic) bond motifs is 1. The lowest BCUT2D eigenvalue weighted by molar-refractivity contribution is -0.124. The first kappa shape index (κ1) is 19.4. The lowest BCUT2D eigenvalue weighted by Crippen LogP contribution is -2.58. The molecule has 3 aliphatic carbocycles. The van der Waals surface area contributed by atoms with Crippen molar-refractivity contribution in [3.05, 3.63) is 0 Å². The third kappa shape index (κ3) is 4.01. The SMILES string of the molecule is CC1CCCNC1C(NC(=O)C1CC2CCCC(CC3CCC3)C2N1)C1CC1. The molecule has 28 heavy (non-hydrogen) atoms. The molecule has 0 bridgehead atoms. The maximum absolute atomic E-state index is 13.3. The average Bonchev–Trinajstić information content (AvgIpc) is 3.41. The van der Waals surface area contributed by atoms with E-state index in [1.165, 1.54) is 70.6 Å². The molecular formula is C24H41N3O. The van der Waals surface area contributed by atoms with Crippen molar-refractivity contribution in [3.63, 3.8) is 0 Å². The Labute approximate surface area is 171 Å². The molecule has 5 fully saturated rings. The van der Waals surface area contributed by atoms with Gasteiger partial charge in [-0.1, -0.05) is 32.6 Å². The van der Waals surface area contributed by atoms with Crippen molar-refractivity contribution in [2.24, 2.45) is 29.6 Å². The molecular weight excluding hydrogens is 346 g/mol. The number of carbonyl (C=O) groups is 1. The summed E-state index contributed by atoms with van der Waals surface area (Å²) in [5, 5.41) is 11.1. The Balaban J connectivity index is 1.20. The largest absolute Gasteiger partial charge is 0.350 e. The Morgan fingerprint density at radius 3 is 2.57 bits per heavy atom. The van der Waals surface area contributed by atoms with E-state index in [0.29, 0.717) is 35.9 Å². The Morgan fingerprint density at radius 2 is 1.86 bits per heavy atom. The maximum atomic E-state index is 13.3. The summed E-state index contributed by atoms with van der Waals surface area (Å²) >= 11 is 0. The number of piperidine rings is 1. The number of rotatable bonds is 6. The van der Waals surface area contributed by atoms with Crippen LogP contribution in [0.25, 0.3) is 0 Å². The van der Waals surface area contributed by atoms with Crippen LogP contribution in [0.5, 0.6) is 0 Å². The summed E-state index contributed by atoms with van der Waals surface area (Å²) in [5.74, 6) is 4.22. The third-order valence-electron chi connectivity index (χ3n) is 8.93. The second-order valence-electron chi connectivity index (χ2n) is 10.9. The molecule has 2 heterocycles. The highest BCUT2D eigenvalue weighted by Gasteiger charge is 2.46. The molecule has 0 spiro atoms. The fourth-order valence-corrected chi connectivity index (χ4v) is 6.91. The molecule has 5 rings (SSSR count). The number of nitrogens with one attached hydrogen (secondary N) is 3. The van der Waals surface area contributed by atoms with E-state index in [-0.39, 0.29) is 6.04 Å². The highest BCUT2D eigenvalue weighted by atomic mass is 16.2. The molecule has 5 aliphatic rings. The summed E-state index contributed by atoms with van der Waals surface area (Å²) < 4.78 is 0. The van der Waals surface area contributed by atoms with Crippen LogP contribution < -0.4 is 16.0 Å².